The van der Waals surface area contributed by atoms with E-state index in [1.807, 2.05) is 30.3 Å². The molecule has 5 nitrogen and oxygen atoms in total. The number of benzene rings is 1. The van der Waals surface area contributed by atoms with Gasteiger partial charge in [0, 0.05) is 11.6 Å². The molecule has 0 saturated carbocycles. The molecule has 0 atom stereocenters. The van der Waals surface area contributed by atoms with Crippen LogP contribution in [0.25, 0.3) is 10.9 Å². The Bertz CT molecular complexity index is 733. The quantitative estimate of drug-likeness (QED) is 0.704. The van der Waals surface area contributed by atoms with E-state index in [0.29, 0.717) is 11.5 Å². The smallest absolute Gasteiger partial charge is 0.174 e. The Labute approximate surface area is 109 Å². The molecule has 0 aliphatic carbocycles. The summed E-state index contributed by atoms with van der Waals surface area (Å²) in [5.41, 5.74) is 1.49. The molecule has 0 unspecified atom stereocenters. The number of aromatic hydroxyl groups is 1. The van der Waals surface area contributed by atoms with E-state index in [4.69, 9.17) is 5.11 Å². The Balaban J connectivity index is 1.99. The second-order valence-corrected chi connectivity index (χ2v) is 3.93. The molecular weight excluding hydrogens is 240 g/mol. The van der Waals surface area contributed by atoms with Gasteiger partial charge in [-0.2, -0.15) is 0 Å². The van der Waals surface area contributed by atoms with Crippen molar-refractivity contribution < 1.29 is 5.11 Å². The highest BCUT2D eigenvalue weighted by atomic mass is 16.3. The van der Waals surface area contributed by atoms with Crippen LogP contribution in [0.2, 0.25) is 0 Å². The van der Waals surface area contributed by atoms with Crippen molar-refractivity contribution in [3.05, 3.63) is 54.9 Å². The van der Waals surface area contributed by atoms with Crippen LogP contribution in [-0.4, -0.2) is 15.1 Å². The third-order valence-electron chi connectivity index (χ3n) is 2.60. The van der Waals surface area contributed by atoms with Crippen LogP contribution < -0.4 is 0 Å². The van der Waals surface area contributed by atoms with Gasteiger partial charge in [0.2, 0.25) is 0 Å². The van der Waals surface area contributed by atoms with Crippen molar-refractivity contribution >= 4 is 22.4 Å². The van der Waals surface area contributed by atoms with Crippen molar-refractivity contribution in [3.8, 4) is 5.75 Å². The lowest BCUT2D eigenvalue weighted by Gasteiger charge is -1.99. The summed E-state index contributed by atoms with van der Waals surface area (Å²) in [4.78, 5) is 8.24. The zero-order valence-corrected chi connectivity index (χ0v) is 9.93. The maximum Gasteiger partial charge on any atom is 0.174 e. The molecule has 3 rings (SSSR count). The maximum absolute atomic E-state index is 9.14. The van der Waals surface area contributed by atoms with Crippen LogP contribution in [0.15, 0.2) is 65.1 Å². The van der Waals surface area contributed by atoms with Crippen LogP contribution in [0, 0.1) is 0 Å². The Kier molecular flexibility index (Phi) is 2.86. The molecule has 5 heteroatoms. The molecule has 1 N–H and O–H groups in total. The first kappa shape index (κ1) is 11.3. The van der Waals surface area contributed by atoms with Gasteiger partial charge in [0.05, 0.1) is 11.7 Å². The molecule has 0 aliphatic rings. The van der Waals surface area contributed by atoms with Crippen molar-refractivity contribution in [1.29, 1.82) is 0 Å². The van der Waals surface area contributed by atoms with Gasteiger partial charge in [0.15, 0.2) is 5.82 Å². The predicted octanol–water partition coefficient (Wildman–Crippen LogP) is 3.75. The lowest BCUT2D eigenvalue weighted by Crippen LogP contribution is -1.77. The molecule has 2 aromatic heterocycles. The van der Waals surface area contributed by atoms with Crippen molar-refractivity contribution in [2.45, 2.75) is 0 Å². The first-order chi connectivity index (χ1) is 9.33. The zero-order valence-electron chi connectivity index (χ0n) is 9.93. The van der Waals surface area contributed by atoms with E-state index >= 15 is 0 Å². The van der Waals surface area contributed by atoms with Crippen LogP contribution in [0.1, 0.15) is 0 Å². The molecule has 92 valence electrons. The third-order valence-corrected chi connectivity index (χ3v) is 2.60. The number of hydrogen-bond donors (Lipinski definition) is 1. The Morgan fingerprint density at radius 2 is 1.79 bits per heavy atom. The van der Waals surface area contributed by atoms with E-state index in [-0.39, 0.29) is 5.75 Å². The number of azo groups is 1. The number of para-hydroxylation sites is 1. The van der Waals surface area contributed by atoms with E-state index in [2.05, 4.69) is 20.2 Å². The molecule has 0 amide bonds. The van der Waals surface area contributed by atoms with Crippen molar-refractivity contribution in [1.82, 2.24) is 9.97 Å². The summed E-state index contributed by atoms with van der Waals surface area (Å²) in [6, 6.07) is 12.7. The zero-order chi connectivity index (χ0) is 13.1. The first-order valence-electron chi connectivity index (χ1n) is 5.73. The van der Waals surface area contributed by atoms with Crippen molar-refractivity contribution in [2.24, 2.45) is 10.2 Å². The minimum absolute atomic E-state index is 0.103. The number of hydrogen-bond acceptors (Lipinski definition) is 5. The minimum atomic E-state index is 0.103. The van der Waals surface area contributed by atoms with Gasteiger partial charge in [-0.05, 0) is 24.3 Å². The monoisotopic (exact) mass is 250 g/mol. The molecule has 2 heterocycles. The fraction of sp³-hybridized carbons (Fsp3) is 0. The summed E-state index contributed by atoms with van der Waals surface area (Å²) in [5.74, 6) is 0.538. The second-order valence-electron chi connectivity index (χ2n) is 3.93. The van der Waals surface area contributed by atoms with E-state index in [1.165, 1.54) is 12.3 Å². The van der Waals surface area contributed by atoms with Crippen LogP contribution in [0.5, 0.6) is 5.75 Å². The number of aromatic nitrogens is 2. The molecule has 0 saturated heterocycles. The largest absolute Gasteiger partial charge is 0.506 e. The fourth-order valence-corrected chi connectivity index (χ4v) is 1.71. The summed E-state index contributed by atoms with van der Waals surface area (Å²) in [6.45, 7) is 0. The molecule has 19 heavy (non-hydrogen) atoms. The molecule has 1 aromatic carbocycles. The molecule has 0 spiro atoms. The van der Waals surface area contributed by atoms with Crippen molar-refractivity contribution in [2.75, 3.05) is 0 Å². The van der Waals surface area contributed by atoms with Gasteiger partial charge in [-0.15, -0.1) is 10.2 Å². The average molecular weight is 250 g/mol. The van der Waals surface area contributed by atoms with E-state index in [1.54, 1.807) is 12.3 Å². The van der Waals surface area contributed by atoms with Gasteiger partial charge in [0.25, 0.3) is 0 Å². The molecule has 0 bridgehead atoms. The number of fused-ring (bicyclic) bond motifs is 1. The lowest BCUT2D eigenvalue weighted by molar-refractivity contribution is 0.473. The van der Waals surface area contributed by atoms with Gasteiger partial charge < -0.3 is 5.11 Å². The van der Waals surface area contributed by atoms with Crippen molar-refractivity contribution in [3.63, 3.8) is 0 Å². The van der Waals surface area contributed by atoms with Crippen LogP contribution >= 0.6 is 0 Å². The van der Waals surface area contributed by atoms with Crippen LogP contribution in [0.4, 0.5) is 11.5 Å². The first-order valence-corrected chi connectivity index (χ1v) is 5.73. The molecule has 3 aromatic rings. The fourth-order valence-electron chi connectivity index (χ4n) is 1.71. The standard InChI is InChI=1S/C14H10N4O/c19-11-6-7-13(16-9-11)18-17-12-5-1-3-10-4-2-8-15-14(10)12/h1-9,19H. The predicted molar refractivity (Wildman–Crippen MR) is 71.8 cm³/mol. The van der Waals surface area contributed by atoms with E-state index < -0.39 is 0 Å². The van der Waals surface area contributed by atoms with Crippen LogP contribution in [0.3, 0.4) is 0 Å². The summed E-state index contributed by atoms with van der Waals surface area (Å²) in [5, 5.41) is 18.3. The summed E-state index contributed by atoms with van der Waals surface area (Å²) >= 11 is 0. The Hall–Kier alpha value is -2.82. The molecule has 0 radical (unpaired) electrons. The highest BCUT2D eigenvalue weighted by molar-refractivity contribution is 5.88. The minimum Gasteiger partial charge on any atom is -0.506 e. The highest BCUT2D eigenvalue weighted by Crippen LogP contribution is 2.25. The Morgan fingerprint density at radius 3 is 2.63 bits per heavy atom. The number of pyridine rings is 2. The third kappa shape index (κ3) is 2.40. The normalized spacial score (nSPS) is 11.2. The summed E-state index contributed by atoms with van der Waals surface area (Å²) in [6.07, 6.45) is 3.05. The number of rotatable bonds is 2. The number of nitrogens with zero attached hydrogens (tertiary/aromatic N) is 4. The SMILES string of the molecule is Oc1ccc(N=Nc2cccc3cccnc23)nc1. The molecule has 0 aliphatic heterocycles. The second kappa shape index (κ2) is 4.81. The highest BCUT2D eigenvalue weighted by Gasteiger charge is 2.00. The Morgan fingerprint density at radius 1 is 0.895 bits per heavy atom. The topological polar surface area (TPSA) is 70.7 Å². The average Bonchev–Trinajstić information content (AvgIpc) is 2.47. The lowest BCUT2D eigenvalue weighted by atomic mass is 10.2. The molecule has 0 fully saturated rings. The van der Waals surface area contributed by atoms with Gasteiger partial charge in [-0.3, -0.25) is 4.98 Å². The summed E-state index contributed by atoms with van der Waals surface area (Å²) < 4.78 is 0. The van der Waals surface area contributed by atoms with Gasteiger partial charge in [0.1, 0.15) is 11.4 Å². The van der Waals surface area contributed by atoms with Gasteiger partial charge in [-0.1, -0.05) is 18.2 Å². The van der Waals surface area contributed by atoms with Gasteiger partial charge in [-0.25, -0.2) is 4.98 Å². The maximum atomic E-state index is 9.14. The summed E-state index contributed by atoms with van der Waals surface area (Å²) in [7, 11) is 0. The van der Waals surface area contributed by atoms with E-state index in [9.17, 15) is 0 Å². The van der Waals surface area contributed by atoms with Gasteiger partial charge >= 0.3 is 0 Å². The van der Waals surface area contributed by atoms with E-state index in [0.717, 1.165) is 10.9 Å². The molecular formula is C14H10N4O. The van der Waals surface area contributed by atoms with Crippen LogP contribution in [-0.2, 0) is 0 Å².